The topological polar surface area (TPSA) is 69.6 Å². The zero-order valence-corrected chi connectivity index (χ0v) is 15.6. The smallest absolute Gasteiger partial charge is 0.317 e. The van der Waals surface area contributed by atoms with E-state index in [-0.39, 0.29) is 18.0 Å². The summed E-state index contributed by atoms with van der Waals surface area (Å²) in [6.45, 7) is 0.515. The number of hydrogen-bond donors (Lipinski definition) is 2. The summed E-state index contributed by atoms with van der Waals surface area (Å²) in [5, 5.41) is 12.1. The number of carboxylic acids is 1. The van der Waals surface area contributed by atoms with Gasteiger partial charge in [0.2, 0.25) is 0 Å². The van der Waals surface area contributed by atoms with Crippen LogP contribution in [0.5, 0.6) is 0 Å². The fourth-order valence-corrected chi connectivity index (χ4v) is 3.65. The minimum absolute atomic E-state index is 0.0555. The zero-order valence-electron chi connectivity index (χ0n) is 15.6. The van der Waals surface area contributed by atoms with Crippen LogP contribution in [0.1, 0.15) is 31.2 Å². The van der Waals surface area contributed by atoms with Crippen molar-refractivity contribution in [2.24, 2.45) is 5.92 Å². The van der Waals surface area contributed by atoms with Gasteiger partial charge in [-0.3, -0.25) is 4.79 Å². The number of carboxylic acid groups (broad SMARTS) is 1. The number of amides is 2. The van der Waals surface area contributed by atoms with Gasteiger partial charge in [0.15, 0.2) is 0 Å². The molecule has 0 spiro atoms. The molecule has 1 aliphatic carbocycles. The van der Waals surface area contributed by atoms with Gasteiger partial charge in [-0.2, -0.15) is 0 Å². The van der Waals surface area contributed by atoms with Crippen molar-refractivity contribution in [3.8, 4) is 11.1 Å². The first-order valence-electron chi connectivity index (χ1n) is 9.42. The Labute approximate surface area is 160 Å². The van der Waals surface area contributed by atoms with E-state index in [1.54, 1.807) is 11.9 Å². The quantitative estimate of drug-likeness (QED) is 0.836. The van der Waals surface area contributed by atoms with E-state index in [1.165, 1.54) is 0 Å². The van der Waals surface area contributed by atoms with E-state index in [9.17, 15) is 9.59 Å². The van der Waals surface area contributed by atoms with Crippen molar-refractivity contribution in [2.45, 2.75) is 38.3 Å². The normalized spacial score (nSPS) is 19.3. The van der Waals surface area contributed by atoms with Gasteiger partial charge in [-0.25, -0.2) is 4.79 Å². The molecule has 1 fully saturated rings. The van der Waals surface area contributed by atoms with Crippen LogP contribution in [0, 0.1) is 5.92 Å². The van der Waals surface area contributed by atoms with Crippen molar-refractivity contribution in [3.63, 3.8) is 0 Å². The molecular formula is C22H26N2O3. The molecule has 3 rings (SSSR count). The summed E-state index contributed by atoms with van der Waals surface area (Å²) < 4.78 is 0. The molecule has 2 aromatic rings. The van der Waals surface area contributed by atoms with Crippen LogP contribution in [0.4, 0.5) is 4.79 Å². The molecule has 5 nitrogen and oxygen atoms in total. The minimum atomic E-state index is -0.727. The third-order valence-corrected chi connectivity index (χ3v) is 5.26. The molecule has 27 heavy (non-hydrogen) atoms. The Morgan fingerprint density at radius 1 is 1.00 bits per heavy atom. The fraction of sp³-hybridized carbons (Fsp3) is 0.364. The minimum Gasteiger partial charge on any atom is -0.481 e. The number of carbonyl (C=O) groups excluding carboxylic acids is 1. The van der Waals surface area contributed by atoms with Gasteiger partial charge < -0.3 is 15.3 Å². The first-order valence-corrected chi connectivity index (χ1v) is 9.42. The average Bonchev–Trinajstić information content (AvgIpc) is 2.69. The SMILES string of the molecule is CN(Cc1ccccc1-c1ccccc1)C(=O)NC1CCC(C(=O)O)CC1. The van der Waals surface area contributed by atoms with E-state index in [2.05, 4.69) is 23.5 Å². The molecule has 2 N–H and O–H groups in total. The van der Waals surface area contributed by atoms with E-state index in [0.717, 1.165) is 29.5 Å². The summed E-state index contributed by atoms with van der Waals surface area (Å²) in [4.78, 5) is 25.3. The highest BCUT2D eigenvalue weighted by molar-refractivity contribution is 5.75. The van der Waals surface area contributed by atoms with Crippen molar-refractivity contribution < 1.29 is 14.7 Å². The zero-order chi connectivity index (χ0) is 19.2. The second-order valence-electron chi connectivity index (χ2n) is 7.22. The molecule has 0 atom stereocenters. The summed E-state index contributed by atoms with van der Waals surface area (Å²) >= 11 is 0. The predicted molar refractivity (Wildman–Crippen MR) is 105 cm³/mol. The van der Waals surface area contributed by atoms with E-state index >= 15 is 0 Å². The number of nitrogens with zero attached hydrogens (tertiary/aromatic N) is 1. The highest BCUT2D eigenvalue weighted by Gasteiger charge is 2.27. The Kier molecular flexibility index (Phi) is 6.12. The number of rotatable bonds is 5. The molecule has 142 valence electrons. The van der Waals surface area contributed by atoms with Gasteiger partial charge in [0.25, 0.3) is 0 Å². The predicted octanol–water partition coefficient (Wildman–Crippen LogP) is 4.14. The maximum Gasteiger partial charge on any atom is 0.317 e. The molecule has 2 aromatic carbocycles. The first-order chi connectivity index (χ1) is 13.0. The Balaban J connectivity index is 1.60. The van der Waals surface area contributed by atoms with Gasteiger partial charge in [-0.1, -0.05) is 54.6 Å². The second-order valence-corrected chi connectivity index (χ2v) is 7.22. The molecule has 0 unspecified atom stereocenters. The van der Waals surface area contributed by atoms with Gasteiger partial charge in [0.1, 0.15) is 0 Å². The highest BCUT2D eigenvalue weighted by Crippen LogP contribution is 2.26. The number of carbonyl (C=O) groups is 2. The summed E-state index contributed by atoms with van der Waals surface area (Å²) in [7, 11) is 1.79. The number of benzene rings is 2. The van der Waals surface area contributed by atoms with Crippen LogP contribution in [-0.2, 0) is 11.3 Å². The van der Waals surface area contributed by atoms with E-state index in [0.29, 0.717) is 19.4 Å². The van der Waals surface area contributed by atoms with Crippen molar-refractivity contribution in [3.05, 3.63) is 60.2 Å². The third-order valence-electron chi connectivity index (χ3n) is 5.26. The lowest BCUT2D eigenvalue weighted by Gasteiger charge is -2.29. The van der Waals surface area contributed by atoms with Crippen molar-refractivity contribution in [1.29, 1.82) is 0 Å². The average molecular weight is 366 g/mol. The Bertz CT molecular complexity index is 783. The van der Waals surface area contributed by atoms with Crippen molar-refractivity contribution in [1.82, 2.24) is 10.2 Å². The van der Waals surface area contributed by atoms with Crippen LogP contribution in [0.3, 0.4) is 0 Å². The summed E-state index contributed by atoms with van der Waals surface area (Å²) in [6, 6.07) is 18.2. The van der Waals surface area contributed by atoms with Crippen LogP contribution in [0.2, 0.25) is 0 Å². The van der Waals surface area contributed by atoms with E-state index in [1.807, 2.05) is 36.4 Å². The van der Waals surface area contributed by atoms with E-state index in [4.69, 9.17) is 5.11 Å². The highest BCUT2D eigenvalue weighted by atomic mass is 16.4. The van der Waals surface area contributed by atoms with Gasteiger partial charge >= 0.3 is 12.0 Å². The van der Waals surface area contributed by atoms with Crippen LogP contribution >= 0.6 is 0 Å². The second kappa shape index (κ2) is 8.71. The van der Waals surface area contributed by atoms with Gasteiger partial charge in [0, 0.05) is 19.6 Å². The lowest BCUT2D eigenvalue weighted by atomic mass is 9.86. The van der Waals surface area contributed by atoms with E-state index < -0.39 is 5.97 Å². The number of aliphatic carboxylic acids is 1. The third kappa shape index (κ3) is 4.88. The van der Waals surface area contributed by atoms with Crippen LogP contribution in [-0.4, -0.2) is 35.1 Å². The number of urea groups is 1. The first kappa shape index (κ1) is 19.0. The molecular weight excluding hydrogens is 340 g/mol. The lowest BCUT2D eigenvalue weighted by Crippen LogP contribution is -2.44. The Hall–Kier alpha value is -2.82. The standard InChI is InChI=1S/C22H26N2O3/c1-24(22(27)23-19-13-11-17(12-14-19)21(25)26)15-18-9-5-6-10-20(18)16-7-3-2-4-8-16/h2-10,17,19H,11-15H2,1H3,(H,23,27)(H,25,26). The van der Waals surface area contributed by atoms with Crippen molar-refractivity contribution in [2.75, 3.05) is 7.05 Å². The molecule has 1 saturated carbocycles. The summed E-state index contributed by atoms with van der Waals surface area (Å²) in [5.41, 5.74) is 3.35. The largest absolute Gasteiger partial charge is 0.481 e. The molecule has 0 heterocycles. The van der Waals surface area contributed by atoms with Crippen molar-refractivity contribution >= 4 is 12.0 Å². The summed E-state index contributed by atoms with van der Waals surface area (Å²) in [5.74, 6) is -0.997. The molecule has 5 heteroatoms. The van der Waals surface area contributed by atoms with Crippen LogP contribution in [0.25, 0.3) is 11.1 Å². The number of nitrogens with one attached hydrogen (secondary N) is 1. The number of hydrogen-bond acceptors (Lipinski definition) is 2. The molecule has 0 radical (unpaired) electrons. The Morgan fingerprint density at radius 3 is 2.30 bits per heavy atom. The molecule has 1 aliphatic rings. The Morgan fingerprint density at radius 2 is 1.63 bits per heavy atom. The molecule has 0 saturated heterocycles. The molecule has 0 aromatic heterocycles. The lowest BCUT2D eigenvalue weighted by molar-refractivity contribution is -0.142. The maximum absolute atomic E-state index is 12.6. The summed E-state index contributed by atoms with van der Waals surface area (Å²) in [6.07, 6.45) is 2.69. The molecule has 0 aliphatic heterocycles. The fourth-order valence-electron chi connectivity index (χ4n) is 3.65. The molecule has 2 amide bonds. The van der Waals surface area contributed by atoms with Crippen LogP contribution < -0.4 is 5.32 Å². The van der Waals surface area contributed by atoms with Gasteiger partial charge in [-0.15, -0.1) is 0 Å². The monoisotopic (exact) mass is 366 g/mol. The molecule has 0 bridgehead atoms. The maximum atomic E-state index is 12.6. The van der Waals surface area contributed by atoms with Gasteiger partial charge in [-0.05, 0) is 42.4 Å². The van der Waals surface area contributed by atoms with Crippen LogP contribution in [0.15, 0.2) is 54.6 Å². The van der Waals surface area contributed by atoms with Gasteiger partial charge in [0.05, 0.1) is 5.92 Å².